The van der Waals surface area contributed by atoms with Crippen LogP contribution in [0, 0.1) is 6.57 Å². The van der Waals surface area contributed by atoms with Crippen molar-refractivity contribution in [2.75, 3.05) is 0 Å². The van der Waals surface area contributed by atoms with Gasteiger partial charge in [0.05, 0.1) is 78.5 Å². The molecule has 0 radical (unpaired) electrons. The Bertz CT molecular complexity index is 7250. The van der Waals surface area contributed by atoms with Crippen molar-refractivity contribution in [3.05, 3.63) is 375 Å². The third kappa shape index (κ3) is 9.00. The summed E-state index contributed by atoms with van der Waals surface area (Å²) in [5.74, 6) is 1.51. The van der Waals surface area contributed by atoms with Gasteiger partial charge in [-0.3, -0.25) is 0 Å². The summed E-state index contributed by atoms with van der Waals surface area (Å²) >= 11 is 0. The van der Waals surface area contributed by atoms with Crippen LogP contribution in [-0.2, 0) is 0 Å². The molecule has 0 unspecified atom stereocenters. The summed E-state index contributed by atoms with van der Waals surface area (Å²) < 4.78 is 14.5. The maximum atomic E-state index is 9.61. The lowest BCUT2D eigenvalue weighted by atomic mass is 9.93. The highest BCUT2D eigenvalue weighted by atomic mass is 15.1. The molecule has 0 bridgehead atoms. The Morgan fingerprint density at radius 2 is 0.455 bits per heavy atom. The number of benzene rings is 16. The molecule has 23 aromatic rings. The molecule has 10 nitrogen and oxygen atoms in total. The lowest BCUT2D eigenvalue weighted by Gasteiger charge is -2.23. The summed E-state index contributed by atoms with van der Waals surface area (Å²) in [6, 6.07) is 131. The lowest BCUT2D eigenvalue weighted by Crippen LogP contribution is -2.06. The van der Waals surface area contributed by atoms with Crippen LogP contribution in [0.1, 0.15) is 0 Å². The molecule has 0 saturated heterocycles. The number of hydrogen-bond acceptors (Lipinski definition) is 3. The number of nitrogens with zero attached hydrogens (tertiary/aromatic N) is 10. The fraction of sp³-hybridized carbons (Fsp3) is 0. The Balaban J connectivity index is 0.846. The molecule has 23 rings (SSSR count). The van der Waals surface area contributed by atoms with E-state index in [4.69, 9.17) is 15.0 Å². The highest BCUT2D eigenvalue weighted by molar-refractivity contribution is 6.18. The van der Waals surface area contributed by atoms with Crippen molar-refractivity contribution in [3.8, 4) is 79.4 Å². The van der Waals surface area contributed by atoms with E-state index in [0.29, 0.717) is 28.7 Å². The van der Waals surface area contributed by atoms with Gasteiger partial charge >= 0.3 is 0 Å². The molecule has 110 heavy (non-hydrogen) atoms. The first-order chi connectivity index (χ1) is 54.6. The molecule has 0 aliphatic heterocycles. The van der Waals surface area contributed by atoms with Gasteiger partial charge in [-0.15, -0.1) is 0 Å². The highest BCUT2D eigenvalue weighted by Crippen LogP contribution is 2.50. The molecule has 7 heterocycles. The van der Waals surface area contributed by atoms with Crippen molar-refractivity contribution in [2.45, 2.75) is 0 Å². The van der Waals surface area contributed by atoms with Gasteiger partial charge in [-0.2, -0.15) is 0 Å². The van der Waals surface area contributed by atoms with Gasteiger partial charge in [0, 0.05) is 121 Å². The van der Waals surface area contributed by atoms with Gasteiger partial charge in [-0.25, -0.2) is 19.8 Å². The average Bonchev–Trinajstić information content (AvgIpc) is 1.54. The van der Waals surface area contributed by atoms with Crippen LogP contribution in [0.25, 0.3) is 215 Å². The number of hydrogen-bond donors (Lipinski definition) is 0. The van der Waals surface area contributed by atoms with Gasteiger partial charge in [0.15, 0.2) is 23.2 Å². The molecular formula is C100H60N10. The molecular weight excluding hydrogens is 1340 g/mol. The van der Waals surface area contributed by atoms with Crippen LogP contribution in [0.3, 0.4) is 0 Å². The molecule has 0 spiro atoms. The standard InChI is InChI=1S/C100H60N10/c1-101-81-39-25-49-95(110-92-56-52-66(107-86-44-20-12-34-72(86)73-35-13-21-45-87(73)107)60-79(92)80-61-67(53-57-93(80)110)108-88-46-22-14-36-74(88)75-37-15-23-47-89(75)108)97(81)96-76(100-103-98(62-26-4-2-5-27-62)102-99(104-100)63-28-6-3-7-29-63)38-24-48-94(96)109-90-54-50-64(105-82-40-16-8-30-68(82)69-31-9-17-41-83(69)105)58-77(90)78-59-65(51-55-91(78)109)106-84-42-18-10-32-70(84)71-33-11-19-43-85(71)106/h2-61H. The predicted octanol–water partition coefficient (Wildman–Crippen LogP) is 25.7. The lowest BCUT2D eigenvalue weighted by molar-refractivity contribution is 1.07. The number of aromatic nitrogens is 9. The summed E-state index contributed by atoms with van der Waals surface area (Å²) in [5, 5.41) is 13.7. The smallest absolute Gasteiger partial charge is 0.197 e. The Kier molecular flexibility index (Phi) is 13.3. The highest BCUT2D eigenvalue weighted by Gasteiger charge is 2.30. The minimum Gasteiger partial charge on any atom is -0.310 e. The molecule has 0 aliphatic rings. The quantitative estimate of drug-likeness (QED) is 0.128. The first-order valence-electron chi connectivity index (χ1n) is 37.2. The molecule has 0 saturated carbocycles. The number of rotatable bonds is 10. The van der Waals surface area contributed by atoms with E-state index in [1.807, 2.05) is 48.5 Å². The average molecular weight is 1400 g/mol. The van der Waals surface area contributed by atoms with Crippen LogP contribution in [0.5, 0.6) is 0 Å². The van der Waals surface area contributed by atoms with Crippen molar-refractivity contribution in [1.82, 2.24) is 42.4 Å². The minimum atomic E-state index is 0.456. The summed E-state index contributed by atoms with van der Waals surface area (Å²) in [5.41, 5.74) is 23.0. The fourth-order valence-corrected chi connectivity index (χ4v) is 18.0. The molecule has 7 aromatic heterocycles. The Morgan fingerprint density at radius 1 is 0.200 bits per heavy atom. The second-order valence-corrected chi connectivity index (χ2v) is 28.5. The zero-order valence-electron chi connectivity index (χ0n) is 59.1. The molecule has 0 fully saturated rings. The second kappa shape index (κ2) is 23.9. The SMILES string of the molecule is [C-]#[N+]c1cccc(-n2c3ccc(-n4c5ccccc5c5ccccc54)cc3c3cc(-n4c5ccccc5c5ccccc54)ccc32)c1-c1c(-c2nc(-c3ccccc3)nc(-c3ccccc3)n2)cccc1-n1c2ccc(-n3c4ccccc4c4ccccc43)cc2c2cc(-n3c4ccccc4c4ccccc43)ccc21. The maximum absolute atomic E-state index is 9.61. The molecule has 0 N–H and O–H groups in total. The topological polar surface area (TPSA) is 72.6 Å². The van der Waals surface area contributed by atoms with Crippen molar-refractivity contribution in [3.63, 3.8) is 0 Å². The normalized spacial score (nSPS) is 12.0. The van der Waals surface area contributed by atoms with Gasteiger partial charge in [0.25, 0.3) is 0 Å². The van der Waals surface area contributed by atoms with E-state index in [-0.39, 0.29) is 0 Å². The first-order valence-corrected chi connectivity index (χ1v) is 37.2. The molecule has 0 aliphatic carbocycles. The van der Waals surface area contributed by atoms with Crippen LogP contribution in [0.4, 0.5) is 5.69 Å². The van der Waals surface area contributed by atoms with Crippen LogP contribution in [-0.4, -0.2) is 42.4 Å². The summed E-state index contributed by atoms with van der Waals surface area (Å²) in [6.45, 7) is 9.61. The van der Waals surface area contributed by atoms with Gasteiger partial charge in [-0.1, -0.05) is 231 Å². The summed E-state index contributed by atoms with van der Waals surface area (Å²) in [4.78, 5) is 21.1. The Labute approximate surface area is 629 Å². The molecule has 0 amide bonds. The minimum absolute atomic E-state index is 0.456. The monoisotopic (exact) mass is 1400 g/mol. The Hall–Kier alpha value is -15.2. The predicted molar refractivity (Wildman–Crippen MR) is 454 cm³/mol. The summed E-state index contributed by atoms with van der Waals surface area (Å²) in [6.07, 6.45) is 0. The largest absolute Gasteiger partial charge is 0.310 e. The van der Waals surface area contributed by atoms with Crippen LogP contribution in [0.15, 0.2) is 364 Å². The molecule has 10 heteroatoms. The van der Waals surface area contributed by atoms with E-state index in [0.717, 1.165) is 144 Å². The zero-order chi connectivity index (χ0) is 72.2. The molecule has 16 aromatic carbocycles. The van der Waals surface area contributed by atoms with Crippen molar-refractivity contribution < 1.29 is 0 Å². The number of fused-ring (bicyclic) bond motifs is 18. The van der Waals surface area contributed by atoms with Crippen LogP contribution >= 0.6 is 0 Å². The second-order valence-electron chi connectivity index (χ2n) is 28.5. The van der Waals surface area contributed by atoms with Gasteiger partial charge in [0.2, 0.25) is 0 Å². The third-order valence-corrected chi connectivity index (χ3v) is 22.7. The maximum Gasteiger partial charge on any atom is 0.197 e. The van der Waals surface area contributed by atoms with E-state index >= 15 is 0 Å². The molecule has 510 valence electrons. The molecule has 0 atom stereocenters. The van der Waals surface area contributed by atoms with E-state index in [9.17, 15) is 6.57 Å². The van der Waals surface area contributed by atoms with E-state index in [1.54, 1.807) is 0 Å². The van der Waals surface area contributed by atoms with E-state index < -0.39 is 0 Å². The van der Waals surface area contributed by atoms with Crippen molar-refractivity contribution >= 4 is 137 Å². The van der Waals surface area contributed by atoms with E-state index in [1.165, 1.54) is 43.1 Å². The first kappa shape index (κ1) is 61.2. The van der Waals surface area contributed by atoms with Gasteiger partial charge in [-0.05, 0) is 133 Å². The van der Waals surface area contributed by atoms with Crippen LogP contribution in [0.2, 0.25) is 0 Å². The number of para-hydroxylation sites is 8. The Morgan fingerprint density at radius 3 is 0.755 bits per heavy atom. The third-order valence-electron chi connectivity index (χ3n) is 22.7. The van der Waals surface area contributed by atoms with E-state index in [2.05, 4.69) is 348 Å². The summed E-state index contributed by atoms with van der Waals surface area (Å²) in [7, 11) is 0. The van der Waals surface area contributed by atoms with Crippen molar-refractivity contribution in [2.24, 2.45) is 0 Å². The zero-order valence-corrected chi connectivity index (χ0v) is 59.1. The van der Waals surface area contributed by atoms with Crippen LogP contribution < -0.4 is 0 Å². The van der Waals surface area contributed by atoms with Gasteiger partial charge in [0.1, 0.15) is 0 Å². The van der Waals surface area contributed by atoms with Gasteiger partial charge < -0.3 is 27.4 Å². The van der Waals surface area contributed by atoms with Crippen molar-refractivity contribution in [1.29, 1.82) is 0 Å². The fourth-order valence-electron chi connectivity index (χ4n) is 18.0.